The van der Waals surface area contributed by atoms with Crippen LogP contribution in [0.25, 0.3) is 6.08 Å². The van der Waals surface area contributed by atoms with Gasteiger partial charge in [-0.15, -0.1) is 0 Å². The van der Waals surface area contributed by atoms with E-state index in [1.54, 1.807) is 0 Å². The zero-order valence-electron chi connectivity index (χ0n) is 16.3. The highest BCUT2D eigenvalue weighted by molar-refractivity contribution is 7.92. The zero-order valence-corrected chi connectivity index (χ0v) is 17.2. The molecule has 0 amide bonds. The molecule has 2 N–H and O–H groups in total. The maximum Gasteiger partial charge on any atom is 0.303 e. The quantitative estimate of drug-likeness (QED) is 0.435. The van der Waals surface area contributed by atoms with Gasteiger partial charge in [0, 0.05) is 17.9 Å². The van der Waals surface area contributed by atoms with E-state index in [-0.39, 0.29) is 24.2 Å². The Balaban J connectivity index is 1.58. The van der Waals surface area contributed by atoms with Crippen LogP contribution >= 0.6 is 0 Å². The summed E-state index contributed by atoms with van der Waals surface area (Å²) in [5.74, 6) is 0.0500. The molecule has 2 bridgehead atoms. The van der Waals surface area contributed by atoms with Crippen LogP contribution in [0.5, 0.6) is 0 Å². The van der Waals surface area contributed by atoms with Crippen LogP contribution in [0.2, 0.25) is 0 Å². The average molecular weight is 422 g/mol. The number of allylic oxidation sites excluding steroid dienone is 2. The summed E-state index contributed by atoms with van der Waals surface area (Å²) in [4.78, 5) is 10.6. The number of carboxylic acids is 1. The molecule has 0 heterocycles. The average Bonchev–Trinajstić information content (AvgIpc) is 3.26. The van der Waals surface area contributed by atoms with Crippen LogP contribution in [0.4, 0.5) is 4.39 Å². The van der Waals surface area contributed by atoms with Gasteiger partial charge >= 0.3 is 5.97 Å². The second-order valence-corrected chi connectivity index (χ2v) is 9.63. The third-order valence-corrected chi connectivity index (χ3v) is 7.13. The van der Waals surface area contributed by atoms with E-state index in [1.807, 2.05) is 6.08 Å². The number of rotatable bonds is 10. The summed E-state index contributed by atoms with van der Waals surface area (Å²) >= 11 is 0. The molecule has 0 aromatic heterocycles. The Labute approximate surface area is 171 Å². The van der Waals surface area contributed by atoms with Crippen LogP contribution in [0.15, 0.2) is 41.8 Å². The van der Waals surface area contributed by atoms with Crippen LogP contribution in [0.1, 0.15) is 50.5 Å². The molecule has 158 valence electrons. The fourth-order valence-corrected chi connectivity index (χ4v) is 5.81. The molecule has 1 aromatic carbocycles. The van der Waals surface area contributed by atoms with Crippen LogP contribution in [0, 0.1) is 23.6 Å². The highest BCUT2D eigenvalue weighted by Gasteiger charge is 2.47. The Morgan fingerprint density at radius 3 is 2.62 bits per heavy atom. The Hall–Kier alpha value is -1.99. The largest absolute Gasteiger partial charge is 0.481 e. The van der Waals surface area contributed by atoms with Crippen molar-refractivity contribution in [1.82, 2.24) is 4.72 Å². The van der Waals surface area contributed by atoms with E-state index in [4.69, 9.17) is 5.11 Å². The predicted molar refractivity (Wildman–Crippen MR) is 111 cm³/mol. The van der Waals surface area contributed by atoms with E-state index in [1.165, 1.54) is 30.3 Å². The van der Waals surface area contributed by atoms with E-state index in [0.717, 1.165) is 37.5 Å². The first-order chi connectivity index (χ1) is 13.8. The Kier molecular flexibility index (Phi) is 7.24. The first kappa shape index (κ1) is 21.7. The zero-order chi connectivity index (χ0) is 20.9. The third-order valence-electron chi connectivity index (χ3n) is 6.03. The van der Waals surface area contributed by atoms with Gasteiger partial charge in [-0.3, -0.25) is 4.79 Å². The van der Waals surface area contributed by atoms with Crippen molar-refractivity contribution < 1.29 is 22.7 Å². The number of carboxylic acid groups (broad SMARTS) is 1. The van der Waals surface area contributed by atoms with E-state index >= 15 is 0 Å². The second kappa shape index (κ2) is 9.67. The number of unbranched alkanes of at least 4 members (excludes halogenated alkanes) is 1. The number of nitrogens with one attached hydrogen (secondary N) is 1. The van der Waals surface area contributed by atoms with Crippen molar-refractivity contribution in [1.29, 1.82) is 0 Å². The smallest absolute Gasteiger partial charge is 0.303 e. The lowest BCUT2D eigenvalue weighted by Gasteiger charge is -2.30. The molecule has 5 nitrogen and oxygen atoms in total. The molecule has 4 atom stereocenters. The predicted octanol–water partition coefficient (Wildman–Crippen LogP) is 4.33. The van der Waals surface area contributed by atoms with Gasteiger partial charge in [0.25, 0.3) is 0 Å². The lowest BCUT2D eigenvalue weighted by molar-refractivity contribution is -0.137. The Bertz CT molecular complexity index is 863. The molecule has 0 spiro atoms. The highest BCUT2D eigenvalue weighted by Crippen LogP contribution is 2.50. The topological polar surface area (TPSA) is 83.5 Å². The maximum atomic E-state index is 13.0. The molecule has 0 radical (unpaired) electrons. The number of benzene rings is 1. The molecule has 2 fully saturated rings. The van der Waals surface area contributed by atoms with Gasteiger partial charge in [0.2, 0.25) is 10.0 Å². The van der Waals surface area contributed by atoms with Crippen LogP contribution in [-0.4, -0.2) is 25.5 Å². The number of halogens is 1. The fraction of sp³-hybridized carbons (Fsp3) is 0.500. The minimum Gasteiger partial charge on any atom is -0.481 e. The molecule has 3 rings (SSSR count). The van der Waals surface area contributed by atoms with E-state index in [9.17, 15) is 17.6 Å². The molecule has 4 unspecified atom stereocenters. The van der Waals surface area contributed by atoms with Gasteiger partial charge in [0.15, 0.2) is 0 Å². The minimum absolute atomic E-state index is 0.0692. The molecule has 29 heavy (non-hydrogen) atoms. The van der Waals surface area contributed by atoms with Gasteiger partial charge in [0.05, 0.1) is 0 Å². The van der Waals surface area contributed by atoms with Gasteiger partial charge < -0.3 is 5.11 Å². The van der Waals surface area contributed by atoms with Crippen LogP contribution in [0.3, 0.4) is 0 Å². The molecule has 1 aromatic rings. The molecular weight excluding hydrogens is 393 g/mol. The number of hydrogen-bond acceptors (Lipinski definition) is 3. The van der Waals surface area contributed by atoms with Crippen molar-refractivity contribution in [2.45, 2.75) is 51.0 Å². The number of aliphatic carboxylic acids is 1. The summed E-state index contributed by atoms with van der Waals surface area (Å²) in [6, 6.07) is 5.61. The standard InChI is InChI=1S/C22H28FNO4S/c23-19-11-7-16(8-12-19)13-14-29(27,28)24-22-18-10-9-17(15-18)20(22)5-3-1-2-4-6-21(25)26/h1,3,7-8,11-14,17-18,20,22,24H,2,4-6,9-10,15H2,(H,25,26). The van der Waals surface area contributed by atoms with E-state index in [2.05, 4.69) is 10.8 Å². The normalized spacial score (nSPS) is 26.7. The van der Waals surface area contributed by atoms with Crippen molar-refractivity contribution >= 4 is 22.1 Å². The van der Waals surface area contributed by atoms with Crippen molar-refractivity contribution in [2.24, 2.45) is 17.8 Å². The number of carbonyl (C=O) groups is 1. The minimum atomic E-state index is -3.59. The first-order valence-electron chi connectivity index (χ1n) is 10.2. The SMILES string of the molecule is O=C(O)CCCC=CCC1C2CCC(C2)C1NS(=O)(=O)C=Cc1ccc(F)cc1. The maximum absolute atomic E-state index is 13.0. The Morgan fingerprint density at radius 2 is 1.90 bits per heavy atom. The van der Waals surface area contributed by atoms with Crippen molar-refractivity contribution in [2.75, 3.05) is 0 Å². The molecule has 2 saturated carbocycles. The number of sulfonamides is 1. The van der Waals surface area contributed by atoms with Gasteiger partial charge in [-0.1, -0.05) is 24.3 Å². The molecule has 0 aliphatic heterocycles. The van der Waals surface area contributed by atoms with Gasteiger partial charge in [0.1, 0.15) is 5.82 Å². The monoisotopic (exact) mass is 421 g/mol. The fourth-order valence-electron chi connectivity index (χ4n) is 4.65. The Morgan fingerprint density at radius 1 is 1.17 bits per heavy atom. The second-order valence-electron chi connectivity index (χ2n) is 8.03. The molecule has 7 heteroatoms. The molecular formula is C22H28FNO4S. The molecule has 0 saturated heterocycles. The summed E-state index contributed by atoms with van der Waals surface area (Å²) in [6.45, 7) is 0. The number of fused-ring (bicyclic) bond motifs is 2. The van der Waals surface area contributed by atoms with Crippen LogP contribution in [-0.2, 0) is 14.8 Å². The number of hydrogen-bond donors (Lipinski definition) is 2. The van der Waals surface area contributed by atoms with Crippen molar-refractivity contribution in [3.63, 3.8) is 0 Å². The summed E-state index contributed by atoms with van der Waals surface area (Å²) in [7, 11) is -3.59. The van der Waals surface area contributed by atoms with Crippen LogP contribution < -0.4 is 4.72 Å². The summed E-state index contributed by atoms with van der Waals surface area (Å²) in [5, 5.41) is 9.83. The first-order valence-corrected chi connectivity index (χ1v) is 11.7. The molecule has 2 aliphatic rings. The summed E-state index contributed by atoms with van der Waals surface area (Å²) < 4.78 is 41.0. The van der Waals surface area contributed by atoms with Gasteiger partial charge in [-0.05, 0) is 80.1 Å². The van der Waals surface area contributed by atoms with E-state index in [0.29, 0.717) is 23.8 Å². The van der Waals surface area contributed by atoms with Crippen molar-refractivity contribution in [3.05, 3.63) is 53.2 Å². The van der Waals surface area contributed by atoms with Gasteiger partial charge in [-0.2, -0.15) is 0 Å². The van der Waals surface area contributed by atoms with Gasteiger partial charge in [-0.25, -0.2) is 17.5 Å². The lowest BCUT2D eigenvalue weighted by atomic mass is 9.83. The summed E-state index contributed by atoms with van der Waals surface area (Å²) in [5.41, 5.74) is 0.630. The third kappa shape index (κ3) is 6.24. The molecule has 2 aliphatic carbocycles. The van der Waals surface area contributed by atoms with Crippen molar-refractivity contribution in [3.8, 4) is 0 Å². The summed E-state index contributed by atoms with van der Waals surface area (Å²) in [6.07, 6.45) is 11.1. The highest BCUT2D eigenvalue weighted by atomic mass is 32.2. The van der Waals surface area contributed by atoms with E-state index < -0.39 is 16.0 Å². The lowest BCUT2D eigenvalue weighted by Crippen LogP contribution is -2.43.